The van der Waals surface area contributed by atoms with Crippen molar-refractivity contribution >= 4 is 34.0 Å². The van der Waals surface area contributed by atoms with E-state index < -0.39 is 0 Å². The molecule has 0 saturated heterocycles. The minimum Gasteiger partial charge on any atom is -0.383 e. The molecule has 0 fully saturated rings. The maximum atomic E-state index is 10.6. The molecule has 0 bridgehead atoms. The van der Waals surface area contributed by atoms with Crippen LogP contribution in [0, 0.1) is 13.7 Å². The average molecular weight is 363 g/mol. The number of benzene rings is 1. The zero-order valence-electron chi connectivity index (χ0n) is 10.6. The topological polar surface area (TPSA) is 58.4 Å². The van der Waals surface area contributed by atoms with Crippen molar-refractivity contribution in [1.82, 2.24) is 4.90 Å². The Morgan fingerprint density at radius 3 is 2.56 bits per heavy atom. The summed E-state index contributed by atoms with van der Waals surface area (Å²) in [6, 6.07) is 4.88. The first-order valence-corrected chi connectivity index (χ1v) is 7.06. The van der Waals surface area contributed by atoms with Crippen LogP contribution < -0.4 is 5.32 Å². The molecule has 1 aromatic rings. The minimum absolute atomic E-state index is 0.133. The summed E-state index contributed by atoms with van der Waals surface area (Å²) in [6.07, 6.45) is 0. The van der Waals surface area contributed by atoms with E-state index in [0.29, 0.717) is 0 Å². The molecule has 0 heterocycles. The first kappa shape index (κ1) is 15.2. The zero-order valence-corrected chi connectivity index (χ0v) is 12.8. The zero-order chi connectivity index (χ0) is 13.5. The summed E-state index contributed by atoms with van der Waals surface area (Å²) in [7, 11) is 0. The maximum Gasteiger partial charge on any atom is 0.270 e. The number of anilines is 1. The normalized spacial score (nSPS) is 10.7. The number of hydrogen-bond donors (Lipinski definition) is 1. The van der Waals surface area contributed by atoms with Gasteiger partial charge >= 0.3 is 0 Å². The highest BCUT2D eigenvalue weighted by molar-refractivity contribution is 14.1. The third-order valence-corrected chi connectivity index (χ3v) is 3.69. The Hall–Kier alpha value is -0.890. The van der Waals surface area contributed by atoms with E-state index in [-0.39, 0.29) is 10.6 Å². The van der Waals surface area contributed by atoms with Gasteiger partial charge in [0.05, 0.1) is 4.92 Å². The van der Waals surface area contributed by atoms with Gasteiger partial charge in [0, 0.05) is 34.5 Å². The smallest absolute Gasteiger partial charge is 0.270 e. The summed E-state index contributed by atoms with van der Waals surface area (Å²) in [5.74, 6) is 0. The third-order valence-electron chi connectivity index (χ3n) is 2.80. The van der Waals surface area contributed by atoms with Crippen molar-refractivity contribution in [3.63, 3.8) is 0 Å². The van der Waals surface area contributed by atoms with E-state index in [1.807, 2.05) is 0 Å². The lowest BCUT2D eigenvalue weighted by Crippen LogP contribution is -2.28. The highest BCUT2D eigenvalue weighted by Crippen LogP contribution is 2.23. The van der Waals surface area contributed by atoms with Gasteiger partial charge < -0.3 is 10.2 Å². The molecule has 0 spiro atoms. The fourth-order valence-corrected chi connectivity index (χ4v) is 2.34. The van der Waals surface area contributed by atoms with Crippen LogP contribution in [0.2, 0.25) is 0 Å². The predicted molar refractivity (Wildman–Crippen MR) is 82.1 cm³/mol. The molecule has 100 valence electrons. The van der Waals surface area contributed by atoms with E-state index in [4.69, 9.17) is 0 Å². The molecular formula is C12H18IN3O2. The van der Waals surface area contributed by atoms with E-state index in [0.717, 1.165) is 35.4 Å². The molecule has 5 nitrogen and oxygen atoms in total. The van der Waals surface area contributed by atoms with Gasteiger partial charge in [-0.3, -0.25) is 10.1 Å². The second kappa shape index (κ2) is 7.52. The molecule has 0 aliphatic rings. The molecule has 0 amide bonds. The molecule has 0 aliphatic heterocycles. The molecule has 0 atom stereocenters. The quantitative estimate of drug-likeness (QED) is 0.460. The van der Waals surface area contributed by atoms with Gasteiger partial charge in [0.25, 0.3) is 5.69 Å². The van der Waals surface area contributed by atoms with Crippen LogP contribution in [0.1, 0.15) is 13.8 Å². The number of nitro benzene ring substituents is 1. The maximum absolute atomic E-state index is 10.6. The number of halogens is 1. The molecule has 1 rings (SSSR count). The van der Waals surface area contributed by atoms with Crippen LogP contribution in [0.4, 0.5) is 11.4 Å². The summed E-state index contributed by atoms with van der Waals surface area (Å²) >= 11 is 2.11. The lowest BCUT2D eigenvalue weighted by molar-refractivity contribution is -0.384. The standard InChI is InChI=1S/C12H18IN3O2/c1-3-15(4-2)8-7-14-12-6-5-10(16(17)18)9-11(12)13/h5-6,9,14H,3-4,7-8H2,1-2H3. The van der Waals surface area contributed by atoms with E-state index in [1.165, 1.54) is 6.07 Å². The Balaban J connectivity index is 2.55. The van der Waals surface area contributed by atoms with Crippen LogP contribution in [-0.4, -0.2) is 36.0 Å². The highest BCUT2D eigenvalue weighted by Gasteiger charge is 2.08. The molecule has 0 radical (unpaired) electrons. The van der Waals surface area contributed by atoms with Crippen molar-refractivity contribution < 1.29 is 4.92 Å². The van der Waals surface area contributed by atoms with Gasteiger partial charge in [-0.1, -0.05) is 13.8 Å². The second-order valence-electron chi connectivity index (χ2n) is 3.87. The predicted octanol–water partition coefficient (Wildman–Crippen LogP) is 2.95. The van der Waals surface area contributed by atoms with Crippen molar-refractivity contribution in [3.05, 3.63) is 31.9 Å². The Bertz CT molecular complexity index is 408. The van der Waals surface area contributed by atoms with Gasteiger partial charge in [0.1, 0.15) is 0 Å². The van der Waals surface area contributed by atoms with E-state index in [9.17, 15) is 10.1 Å². The van der Waals surface area contributed by atoms with Gasteiger partial charge in [-0.15, -0.1) is 0 Å². The number of nitrogens with zero attached hydrogens (tertiary/aromatic N) is 2. The summed E-state index contributed by atoms with van der Waals surface area (Å²) < 4.78 is 0.876. The Labute approximate surface area is 121 Å². The Morgan fingerprint density at radius 1 is 1.39 bits per heavy atom. The van der Waals surface area contributed by atoms with Crippen LogP contribution in [-0.2, 0) is 0 Å². The van der Waals surface area contributed by atoms with Gasteiger partial charge in [-0.2, -0.15) is 0 Å². The average Bonchev–Trinajstić information content (AvgIpc) is 2.36. The van der Waals surface area contributed by atoms with Crippen molar-refractivity contribution in [2.75, 3.05) is 31.5 Å². The van der Waals surface area contributed by atoms with Crippen molar-refractivity contribution in [1.29, 1.82) is 0 Å². The molecular weight excluding hydrogens is 345 g/mol. The van der Waals surface area contributed by atoms with Crippen LogP contribution >= 0.6 is 22.6 Å². The van der Waals surface area contributed by atoms with E-state index in [1.54, 1.807) is 12.1 Å². The monoisotopic (exact) mass is 363 g/mol. The number of hydrogen-bond acceptors (Lipinski definition) is 4. The number of nitro groups is 1. The fourth-order valence-electron chi connectivity index (χ4n) is 1.65. The third kappa shape index (κ3) is 4.41. The van der Waals surface area contributed by atoms with Gasteiger partial charge in [0.2, 0.25) is 0 Å². The molecule has 1 aromatic carbocycles. The fraction of sp³-hybridized carbons (Fsp3) is 0.500. The lowest BCUT2D eigenvalue weighted by Gasteiger charge is -2.18. The van der Waals surface area contributed by atoms with Crippen LogP contribution in [0.15, 0.2) is 18.2 Å². The number of rotatable bonds is 7. The summed E-state index contributed by atoms with van der Waals surface area (Å²) in [5.41, 5.74) is 1.09. The van der Waals surface area contributed by atoms with Crippen molar-refractivity contribution in [3.8, 4) is 0 Å². The molecule has 0 unspecified atom stereocenters. The Kier molecular flexibility index (Phi) is 6.34. The van der Waals surface area contributed by atoms with Crippen LogP contribution in [0.25, 0.3) is 0 Å². The minimum atomic E-state index is -0.373. The lowest BCUT2D eigenvalue weighted by atomic mass is 10.3. The molecule has 6 heteroatoms. The number of likely N-dealkylation sites (N-methyl/N-ethyl adjacent to an activating group) is 1. The SMILES string of the molecule is CCN(CC)CCNc1ccc([N+](=O)[O-])cc1I. The molecule has 0 aromatic heterocycles. The van der Waals surface area contributed by atoms with E-state index >= 15 is 0 Å². The van der Waals surface area contributed by atoms with Gasteiger partial charge in [-0.25, -0.2) is 0 Å². The highest BCUT2D eigenvalue weighted by atomic mass is 127. The summed E-state index contributed by atoms with van der Waals surface area (Å²) in [4.78, 5) is 12.6. The van der Waals surface area contributed by atoms with Crippen LogP contribution in [0.3, 0.4) is 0 Å². The molecule has 0 aliphatic carbocycles. The molecule has 0 saturated carbocycles. The summed E-state index contributed by atoms with van der Waals surface area (Å²) in [6.45, 7) is 8.17. The van der Waals surface area contributed by atoms with Crippen molar-refractivity contribution in [2.45, 2.75) is 13.8 Å². The van der Waals surface area contributed by atoms with Gasteiger partial charge in [-0.05, 0) is 41.7 Å². The Morgan fingerprint density at radius 2 is 2.06 bits per heavy atom. The first-order chi connectivity index (χ1) is 8.58. The summed E-state index contributed by atoms with van der Waals surface area (Å²) in [5, 5.41) is 13.9. The van der Waals surface area contributed by atoms with Crippen LogP contribution in [0.5, 0.6) is 0 Å². The number of non-ortho nitro benzene ring substituents is 1. The first-order valence-electron chi connectivity index (χ1n) is 5.98. The largest absolute Gasteiger partial charge is 0.383 e. The van der Waals surface area contributed by atoms with Gasteiger partial charge in [0.15, 0.2) is 0 Å². The molecule has 1 N–H and O–H groups in total. The molecule has 18 heavy (non-hydrogen) atoms. The van der Waals surface area contributed by atoms with E-state index in [2.05, 4.69) is 46.7 Å². The second-order valence-corrected chi connectivity index (χ2v) is 5.04. The number of nitrogens with one attached hydrogen (secondary N) is 1. The van der Waals surface area contributed by atoms with Crippen molar-refractivity contribution in [2.24, 2.45) is 0 Å².